The first-order chi connectivity index (χ1) is 14.6. The van der Waals surface area contributed by atoms with E-state index in [9.17, 15) is 9.90 Å². The van der Waals surface area contributed by atoms with Crippen molar-refractivity contribution in [3.05, 3.63) is 66.3 Å². The predicted molar refractivity (Wildman–Crippen MR) is 109 cm³/mol. The number of aliphatic hydroxyl groups is 1. The van der Waals surface area contributed by atoms with E-state index in [1.54, 1.807) is 4.90 Å². The van der Waals surface area contributed by atoms with Gasteiger partial charge >= 0.3 is 0 Å². The van der Waals surface area contributed by atoms with Gasteiger partial charge in [0.2, 0.25) is 17.6 Å². The van der Waals surface area contributed by atoms with Crippen molar-refractivity contribution in [3.8, 4) is 11.4 Å². The van der Waals surface area contributed by atoms with E-state index < -0.39 is 6.10 Å². The van der Waals surface area contributed by atoms with E-state index in [2.05, 4.69) is 25.8 Å². The lowest BCUT2D eigenvalue weighted by Crippen LogP contribution is -2.29. The maximum Gasteiger partial charge on any atom is 0.249 e. The maximum absolute atomic E-state index is 11.9. The fourth-order valence-electron chi connectivity index (χ4n) is 4.03. The molecule has 4 aromatic rings. The summed E-state index contributed by atoms with van der Waals surface area (Å²) >= 11 is 0. The normalized spacial score (nSPS) is 18.9. The lowest BCUT2D eigenvalue weighted by molar-refractivity contribution is -0.130. The average Bonchev–Trinajstić information content (AvgIpc) is 3.47. The molecule has 3 heterocycles. The van der Waals surface area contributed by atoms with Gasteiger partial charge in [-0.05, 0) is 23.8 Å². The van der Waals surface area contributed by atoms with Crippen molar-refractivity contribution in [1.82, 2.24) is 24.6 Å². The summed E-state index contributed by atoms with van der Waals surface area (Å²) in [6, 6.07) is 15.6. The molecule has 8 nitrogen and oxygen atoms in total. The van der Waals surface area contributed by atoms with Crippen LogP contribution in [0, 0.1) is 0 Å². The van der Waals surface area contributed by atoms with Crippen LogP contribution in [0.25, 0.3) is 22.4 Å². The van der Waals surface area contributed by atoms with Gasteiger partial charge in [0.1, 0.15) is 6.04 Å². The molecule has 1 fully saturated rings. The Morgan fingerprint density at radius 3 is 2.97 bits per heavy atom. The smallest absolute Gasteiger partial charge is 0.249 e. The Bertz CT molecular complexity index is 1210. The average molecular weight is 403 g/mol. The first kappa shape index (κ1) is 18.5. The number of carbonyl (C=O) groups excluding carboxylic acids is 1. The molecule has 0 spiro atoms. The van der Waals surface area contributed by atoms with Crippen LogP contribution >= 0.6 is 0 Å². The summed E-state index contributed by atoms with van der Waals surface area (Å²) in [5.41, 5.74) is 3.96. The third-order valence-electron chi connectivity index (χ3n) is 5.48. The van der Waals surface area contributed by atoms with Crippen LogP contribution in [0.2, 0.25) is 0 Å². The van der Waals surface area contributed by atoms with Crippen LogP contribution in [-0.4, -0.2) is 48.3 Å². The summed E-state index contributed by atoms with van der Waals surface area (Å²) in [4.78, 5) is 22.4. The van der Waals surface area contributed by atoms with E-state index in [1.807, 2.05) is 48.8 Å². The highest BCUT2D eigenvalue weighted by Crippen LogP contribution is 2.32. The molecule has 5 rings (SSSR count). The number of likely N-dealkylation sites (tertiary alicyclic amines) is 1. The Hall–Kier alpha value is -3.52. The zero-order valence-electron chi connectivity index (χ0n) is 16.5. The number of para-hydroxylation sites is 2. The highest BCUT2D eigenvalue weighted by atomic mass is 16.5. The second kappa shape index (κ2) is 7.38. The molecule has 1 amide bonds. The molecule has 30 heavy (non-hydrogen) atoms. The number of rotatable bonds is 4. The maximum atomic E-state index is 11.9. The van der Waals surface area contributed by atoms with Gasteiger partial charge in [-0.1, -0.05) is 35.5 Å². The van der Waals surface area contributed by atoms with Gasteiger partial charge in [0.25, 0.3) is 0 Å². The van der Waals surface area contributed by atoms with Crippen molar-refractivity contribution in [3.63, 3.8) is 0 Å². The lowest BCUT2D eigenvalue weighted by Gasteiger charge is -2.19. The van der Waals surface area contributed by atoms with Gasteiger partial charge in [-0.3, -0.25) is 4.79 Å². The standard InChI is InChI=1S/C22H21N5O3/c1-14(28)27-12-17(29)10-20(27)22-24-21(25-30-22)16-6-4-5-15(9-16)11-26-13-23-18-7-2-3-8-19(18)26/h2-9,13,17,20,29H,10-12H2,1H3/t17-,20-/m1/s1. The van der Waals surface area contributed by atoms with Crippen molar-refractivity contribution in [2.24, 2.45) is 0 Å². The van der Waals surface area contributed by atoms with E-state index in [4.69, 9.17) is 4.52 Å². The van der Waals surface area contributed by atoms with E-state index in [0.717, 1.165) is 22.2 Å². The molecule has 0 saturated carbocycles. The fraction of sp³-hybridized carbons (Fsp3) is 0.273. The molecule has 2 atom stereocenters. The number of aromatic nitrogens is 4. The van der Waals surface area contributed by atoms with Crippen LogP contribution in [-0.2, 0) is 11.3 Å². The van der Waals surface area contributed by atoms with Crippen molar-refractivity contribution >= 4 is 16.9 Å². The highest BCUT2D eigenvalue weighted by Gasteiger charge is 2.37. The molecule has 0 radical (unpaired) electrons. The van der Waals surface area contributed by atoms with Gasteiger partial charge in [0.05, 0.1) is 23.5 Å². The zero-order valence-corrected chi connectivity index (χ0v) is 16.5. The van der Waals surface area contributed by atoms with Gasteiger partial charge in [0, 0.05) is 32.0 Å². The van der Waals surface area contributed by atoms with E-state index in [1.165, 1.54) is 6.92 Å². The Morgan fingerprint density at radius 1 is 1.23 bits per heavy atom. The van der Waals surface area contributed by atoms with Crippen LogP contribution in [0.3, 0.4) is 0 Å². The number of hydrogen-bond acceptors (Lipinski definition) is 6. The number of nitrogens with zero attached hydrogens (tertiary/aromatic N) is 5. The van der Waals surface area contributed by atoms with Crippen LogP contribution in [0.1, 0.15) is 30.8 Å². The Labute approximate surface area is 172 Å². The van der Waals surface area contributed by atoms with E-state index in [0.29, 0.717) is 24.7 Å². The molecule has 152 valence electrons. The molecular weight excluding hydrogens is 382 g/mol. The number of amides is 1. The monoisotopic (exact) mass is 403 g/mol. The molecule has 8 heteroatoms. The molecule has 1 N–H and O–H groups in total. The lowest BCUT2D eigenvalue weighted by atomic mass is 10.1. The first-order valence-electron chi connectivity index (χ1n) is 9.86. The summed E-state index contributed by atoms with van der Waals surface area (Å²) in [7, 11) is 0. The minimum atomic E-state index is -0.581. The Balaban J connectivity index is 1.40. The molecule has 2 aromatic heterocycles. The molecule has 0 aliphatic carbocycles. The van der Waals surface area contributed by atoms with Gasteiger partial charge < -0.3 is 19.1 Å². The number of aliphatic hydroxyl groups excluding tert-OH is 1. The number of hydrogen-bond donors (Lipinski definition) is 1. The number of β-amino-alcohol motifs (C(OH)–C–C–N with tert-alkyl or cyclic N) is 1. The quantitative estimate of drug-likeness (QED) is 0.563. The van der Waals surface area contributed by atoms with Gasteiger partial charge in [0.15, 0.2) is 0 Å². The Morgan fingerprint density at radius 2 is 2.10 bits per heavy atom. The summed E-state index contributed by atoms with van der Waals surface area (Å²) in [5.74, 6) is 0.695. The van der Waals surface area contributed by atoms with Crippen molar-refractivity contribution < 1.29 is 14.4 Å². The summed E-state index contributed by atoms with van der Waals surface area (Å²) in [6.45, 7) is 2.43. The van der Waals surface area contributed by atoms with Crippen molar-refractivity contribution in [1.29, 1.82) is 0 Å². The minimum Gasteiger partial charge on any atom is -0.391 e. The van der Waals surface area contributed by atoms with Gasteiger partial charge in [-0.25, -0.2) is 4.98 Å². The SMILES string of the molecule is CC(=O)N1C[C@H](O)C[C@@H]1c1nc(-c2cccc(Cn3cnc4ccccc43)c2)no1. The number of imidazole rings is 1. The molecule has 1 aliphatic rings. The van der Waals surface area contributed by atoms with E-state index >= 15 is 0 Å². The minimum absolute atomic E-state index is 0.120. The Kier molecular flexibility index (Phi) is 4.55. The van der Waals surface area contributed by atoms with Crippen LogP contribution in [0.15, 0.2) is 59.4 Å². The molecular formula is C22H21N5O3. The van der Waals surface area contributed by atoms with Gasteiger partial charge in [-0.15, -0.1) is 0 Å². The highest BCUT2D eigenvalue weighted by molar-refractivity contribution is 5.75. The van der Waals surface area contributed by atoms with Gasteiger partial charge in [-0.2, -0.15) is 4.98 Å². The largest absolute Gasteiger partial charge is 0.391 e. The van der Waals surface area contributed by atoms with Crippen LogP contribution in [0.5, 0.6) is 0 Å². The number of fused-ring (bicyclic) bond motifs is 1. The zero-order chi connectivity index (χ0) is 20.7. The third kappa shape index (κ3) is 3.35. The van der Waals surface area contributed by atoms with Crippen molar-refractivity contribution in [2.45, 2.75) is 32.0 Å². The molecule has 0 bridgehead atoms. The summed E-state index contributed by atoms with van der Waals surface area (Å²) < 4.78 is 7.55. The molecule has 1 aliphatic heterocycles. The second-order valence-electron chi connectivity index (χ2n) is 7.59. The summed E-state index contributed by atoms with van der Waals surface area (Å²) in [6.07, 6.45) is 1.66. The number of carbonyl (C=O) groups is 1. The summed E-state index contributed by atoms with van der Waals surface area (Å²) in [5, 5.41) is 14.1. The molecule has 2 aromatic carbocycles. The third-order valence-corrected chi connectivity index (χ3v) is 5.48. The molecule has 1 saturated heterocycles. The fourth-order valence-corrected chi connectivity index (χ4v) is 4.03. The van der Waals surface area contributed by atoms with Crippen LogP contribution in [0.4, 0.5) is 0 Å². The van der Waals surface area contributed by atoms with Crippen molar-refractivity contribution in [2.75, 3.05) is 6.54 Å². The molecule has 0 unspecified atom stereocenters. The van der Waals surface area contributed by atoms with Crippen LogP contribution < -0.4 is 0 Å². The predicted octanol–water partition coefficient (Wildman–Crippen LogP) is 2.79. The van der Waals surface area contributed by atoms with E-state index in [-0.39, 0.29) is 18.5 Å². The first-order valence-corrected chi connectivity index (χ1v) is 9.86. The number of benzene rings is 2. The second-order valence-corrected chi connectivity index (χ2v) is 7.59. The topological polar surface area (TPSA) is 97.3 Å².